The molecule has 738 valence electrons. The van der Waals surface area contributed by atoms with E-state index in [-0.39, 0.29) is 62.2 Å². The van der Waals surface area contributed by atoms with Gasteiger partial charge in [0.2, 0.25) is 0 Å². The number of aromatic nitrogens is 10. The number of halogens is 7. The molecule has 7 aromatic heterocycles. The molecule has 40 heteroatoms. The molecule has 10 aromatic rings. The average Bonchev–Trinajstić information content (AvgIpc) is 1.61. The Kier molecular flexibility index (Phi) is 38.1. The molecule has 0 spiro atoms. The molecule has 8 aliphatic heterocycles. The third-order valence-electron chi connectivity index (χ3n) is 24.8. The van der Waals surface area contributed by atoms with E-state index in [1.807, 2.05) is 154 Å². The Bertz CT molecular complexity index is 5630. The van der Waals surface area contributed by atoms with Gasteiger partial charge >= 0.3 is 26.4 Å². The molecule has 31 nitrogen and oxygen atoms in total. The summed E-state index contributed by atoms with van der Waals surface area (Å²) in [6, 6.07) is 31.9. The molecular formula is C97H129B2Cl4F3N20O11. The largest absolute Gasteiger partial charge is 0.498 e. The molecule has 8 saturated heterocycles. The lowest BCUT2D eigenvalue weighted by Crippen LogP contribution is -2.52. The summed E-state index contributed by atoms with van der Waals surface area (Å²) in [7, 11) is 6.70. The number of nitrogen functional groups attached to an aromatic ring is 2. The van der Waals surface area contributed by atoms with Gasteiger partial charge < -0.3 is 94.1 Å². The van der Waals surface area contributed by atoms with Gasteiger partial charge in [-0.2, -0.15) is 28.5 Å². The average molecular weight is 1970 g/mol. The fourth-order valence-corrected chi connectivity index (χ4v) is 16.2. The maximum Gasteiger partial charge on any atom is 0.498 e. The van der Waals surface area contributed by atoms with E-state index < -0.39 is 24.9 Å². The van der Waals surface area contributed by atoms with E-state index in [2.05, 4.69) is 115 Å². The van der Waals surface area contributed by atoms with Crippen molar-refractivity contribution in [2.75, 3.05) is 175 Å². The molecule has 2 amide bonds. The zero-order valence-electron chi connectivity index (χ0n) is 81.1. The van der Waals surface area contributed by atoms with Gasteiger partial charge in [-0.05, 0) is 226 Å². The van der Waals surface area contributed by atoms with E-state index >= 15 is 0 Å². The third-order valence-corrected chi connectivity index (χ3v) is 25.4. The van der Waals surface area contributed by atoms with Crippen LogP contribution in [0.2, 0.25) is 15.2 Å². The molecule has 0 unspecified atom stereocenters. The molecule has 7 N–H and O–H groups in total. The van der Waals surface area contributed by atoms with Crippen LogP contribution in [0.15, 0.2) is 152 Å². The molecule has 0 aliphatic carbocycles. The molecule has 0 radical (unpaired) electrons. The van der Waals surface area contributed by atoms with Gasteiger partial charge in [-0.1, -0.05) is 58.6 Å². The molecule has 18 rings (SSSR count). The van der Waals surface area contributed by atoms with Crippen LogP contribution in [0.5, 0.6) is 0 Å². The number of nitrogens with zero attached hydrogens (tertiary/aromatic N) is 16. The Labute approximate surface area is 823 Å². The third kappa shape index (κ3) is 29.7. The summed E-state index contributed by atoms with van der Waals surface area (Å²) in [5.74, 6) is 3.44. The number of nitrogens with two attached hydrogens (primary N) is 3. The SMILES string of the molecule is CN=CC(=CN)c1cc(-c2cc(NC(=O)N3CCO[C@H](C(F)(F)F)C3)ccc2C)cc(N2CCOCC2)n1.C[C@@H]1CCCCO1.Cc1ccc(N)cc1-c1cc(-c2cnn(C)c2)nc(N2CCOCC2)c1.Cc1ccc(N)cc1B1OC(C)(C)C(C)(C)O1.Cl.Clc1cc(Cl)nc(N2CCOCC2)c1.Cn1cc(-c2cc(Cl)cc(N3CCOCC3)n2)cn1.Cn1cc(B2OC(C)(C)C(C)(C)O2)cn1. The molecule has 8 fully saturated rings. The van der Waals surface area contributed by atoms with Gasteiger partial charge in [-0.3, -0.25) is 19.0 Å². The van der Waals surface area contributed by atoms with Crippen LogP contribution in [0.3, 0.4) is 0 Å². The molecule has 15 heterocycles. The number of carbonyl (C=O) groups excluding carboxylic acids is 1. The predicted octanol–water partition coefficient (Wildman–Crippen LogP) is 15.4. The first-order valence-corrected chi connectivity index (χ1v) is 46.9. The predicted molar refractivity (Wildman–Crippen MR) is 543 cm³/mol. The highest BCUT2D eigenvalue weighted by Gasteiger charge is 2.53. The van der Waals surface area contributed by atoms with Crippen molar-refractivity contribution in [1.29, 1.82) is 0 Å². The summed E-state index contributed by atoms with van der Waals surface area (Å²) >= 11 is 17.9. The number of hydrogen-bond donors (Lipinski definition) is 4. The van der Waals surface area contributed by atoms with Crippen molar-refractivity contribution in [2.45, 2.75) is 143 Å². The van der Waals surface area contributed by atoms with Crippen molar-refractivity contribution in [1.82, 2.24) is 54.2 Å². The highest BCUT2D eigenvalue weighted by Crippen LogP contribution is 2.40. The minimum Gasteiger partial charge on any atom is -0.404 e. The first-order valence-electron chi connectivity index (χ1n) is 45.8. The fourth-order valence-electron chi connectivity index (χ4n) is 15.5. The smallest absolute Gasteiger partial charge is 0.404 e. The maximum atomic E-state index is 13.1. The number of pyridine rings is 4. The van der Waals surface area contributed by atoms with Crippen molar-refractivity contribution in [3.05, 3.63) is 184 Å². The number of morpholine rings is 5. The first kappa shape index (κ1) is 107. The van der Waals surface area contributed by atoms with E-state index in [4.69, 9.17) is 109 Å². The number of benzene rings is 3. The highest BCUT2D eigenvalue weighted by atomic mass is 35.5. The van der Waals surface area contributed by atoms with Gasteiger partial charge in [-0.25, -0.2) is 24.7 Å². The molecule has 2 atom stereocenters. The number of amides is 2. The zero-order valence-corrected chi connectivity index (χ0v) is 84.1. The summed E-state index contributed by atoms with van der Waals surface area (Å²) in [5.41, 5.74) is 32.7. The Morgan fingerprint density at radius 1 is 0.511 bits per heavy atom. The van der Waals surface area contributed by atoms with Crippen molar-refractivity contribution in [3.8, 4) is 44.8 Å². The van der Waals surface area contributed by atoms with Crippen LogP contribution in [0.1, 0.15) is 104 Å². The molecule has 0 saturated carbocycles. The highest BCUT2D eigenvalue weighted by molar-refractivity contribution is 6.63. The Morgan fingerprint density at radius 2 is 0.964 bits per heavy atom. The second kappa shape index (κ2) is 48.6. The number of alkyl halides is 3. The number of aliphatic imine (C=N–C) groups is 1. The number of carbonyl (C=O) groups is 1. The van der Waals surface area contributed by atoms with Gasteiger partial charge in [0.15, 0.2) is 6.10 Å². The quantitative estimate of drug-likeness (QED) is 0.0360. The summed E-state index contributed by atoms with van der Waals surface area (Å²) < 4.78 is 100. The molecule has 8 aliphatic rings. The van der Waals surface area contributed by atoms with Gasteiger partial charge in [0, 0.05) is 180 Å². The molecule has 0 bridgehead atoms. The van der Waals surface area contributed by atoms with Gasteiger partial charge in [-0.15, -0.1) is 12.4 Å². The Balaban J connectivity index is 0.000000161. The number of urea groups is 1. The number of anilines is 7. The van der Waals surface area contributed by atoms with E-state index in [0.29, 0.717) is 64.6 Å². The zero-order chi connectivity index (χ0) is 97.8. The van der Waals surface area contributed by atoms with E-state index in [1.54, 1.807) is 57.9 Å². The van der Waals surface area contributed by atoms with Crippen LogP contribution in [0.25, 0.3) is 50.3 Å². The lowest BCUT2D eigenvalue weighted by molar-refractivity contribution is -0.233. The normalized spacial score (nSPS) is 19.0. The van der Waals surface area contributed by atoms with Crippen LogP contribution >= 0.6 is 47.2 Å². The van der Waals surface area contributed by atoms with Crippen molar-refractivity contribution in [2.24, 2.45) is 31.9 Å². The van der Waals surface area contributed by atoms with Crippen molar-refractivity contribution < 1.29 is 65.0 Å². The van der Waals surface area contributed by atoms with Crippen LogP contribution in [0.4, 0.5) is 58.3 Å². The maximum absolute atomic E-state index is 13.1. The number of rotatable bonds is 13. The fraction of sp³-hybridized carbons (Fsp3) is 0.474. The molecule has 3 aromatic carbocycles. The van der Waals surface area contributed by atoms with E-state index in [0.717, 1.165) is 192 Å². The lowest BCUT2D eigenvalue weighted by Gasteiger charge is -2.33. The number of nitrogens with one attached hydrogen (secondary N) is 1. The van der Waals surface area contributed by atoms with Gasteiger partial charge in [0.1, 0.15) is 28.4 Å². The van der Waals surface area contributed by atoms with Crippen LogP contribution in [-0.2, 0) is 68.2 Å². The standard InChI is InChI=1S/C26H31F3N6O3.C20H23N5O.C13H20BNO2.C13H15ClN4O.C10H17BN2O2.C9H10Cl2N2O.C6H12O.ClH/c1-17-3-4-20(32-25(36)35-7-10-38-23(16-35)26(27,28)29)13-21(17)18-11-22(19(14-30)15-31-2)33-24(12-18)34-5-8-37-9-6-34;1-14-3-4-17(21)11-18(14)15-9-19(16-12-22-24(2)13-16)23-20(10-15)25-5-7-26-8-6-25;1-9-6-7-10(15)8-11(9)14-16-12(2,3)13(4,5)17-14;1-17-9-10(8-15-17)12-6-11(14)7-13(16-12)18-2-4-19-5-3-18;1-9(2)10(3,4)15-11(14-9)8-6-12-13(5)7-8;10-7-5-8(11)12-9(6-7)13-1-3-14-4-2-13;1-6-4-2-3-5-7-6;/h3-4,11-15,23H,5-10,16,30H2,1-2H3,(H,32,36);3-4,9-13H,5-8,21H2,1-2H3;6-8H,15H2,1-5H3;6-9H,2-5H2,1H3;6-7H,1-5H3;5-6H,1-4H2;6H,2-5H2,1H3;1H/t23-;;;;;;6-;/m0.....1./s1. The monoisotopic (exact) mass is 1970 g/mol. The minimum atomic E-state index is -4.54. The number of hydrogen-bond acceptors (Lipinski definition) is 26. The van der Waals surface area contributed by atoms with Gasteiger partial charge in [0.25, 0.3) is 0 Å². The number of aryl methyl sites for hydroxylation is 6. The second-order valence-electron chi connectivity index (χ2n) is 36.2. The number of allylic oxidation sites excluding steroid dienone is 1. The summed E-state index contributed by atoms with van der Waals surface area (Å²) in [4.78, 5) is 45.3. The van der Waals surface area contributed by atoms with Gasteiger partial charge in [0.05, 0.1) is 124 Å². The van der Waals surface area contributed by atoms with Crippen LogP contribution in [-0.4, -0.2) is 260 Å². The molecular weight excluding hydrogens is 1840 g/mol. The Morgan fingerprint density at radius 3 is 1.42 bits per heavy atom. The summed E-state index contributed by atoms with van der Waals surface area (Å²) in [6.45, 7) is 36.9. The molecule has 137 heavy (non-hydrogen) atoms. The van der Waals surface area contributed by atoms with E-state index in [1.165, 1.54) is 31.0 Å². The summed E-state index contributed by atoms with van der Waals surface area (Å²) in [5, 5.41) is 17.0. The lowest BCUT2D eigenvalue weighted by atomic mass is 9.76. The first-order chi connectivity index (χ1) is 64.7. The second-order valence-corrected chi connectivity index (χ2v) is 37.5. The van der Waals surface area contributed by atoms with Crippen LogP contribution < -0.4 is 53.0 Å². The number of ether oxygens (including phenoxy) is 6. The summed E-state index contributed by atoms with van der Waals surface area (Å²) in [6.07, 6.45) is 12.2. The minimum absolute atomic E-state index is 0. The topological polar surface area (TPSA) is 333 Å². The van der Waals surface area contributed by atoms with E-state index in [9.17, 15) is 18.0 Å². The van der Waals surface area contributed by atoms with Crippen LogP contribution in [0, 0.1) is 20.8 Å². The Hall–Kier alpha value is -10.2. The van der Waals surface area contributed by atoms with Crippen molar-refractivity contribution in [3.63, 3.8) is 0 Å². The van der Waals surface area contributed by atoms with Crippen molar-refractivity contribution >= 4 is 131 Å².